The standard InChI is InChI=1S/C15H12ClF2NO2/c1-21-10-4-2-3-9(5-10)8-19-15(20)11-6-13(17)14(18)7-12(11)16/h2-7H,8H2,1H3,(H,19,20). The minimum Gasteiger partial charge on any atom is -0.497 e. The lowest BCUT2D eigenvalue weighted by molar-refractivity contribution is 0.0950. The molecule has 110 valence electrons. The lowest BCUT2D eigenvalue weighted by atomic mass is 10.1. The average molecular weight is 312 g/mol. The van der Waals surface area contributed by atoms with E-state index in [9.17, 15) is 13.6 Å². The van der Waals surface area contributed by atoms with E-state index in [0.717, 1.165) is 17.7 Å². The number of carbonyl (C=O) groups is 1. The van der Waals surface area contributed by atoms with Crippen molar-refractivity contribution in [1.29, 1.82) is 0 Å². The highest BCUT2D eigenvalue weighted by Crippen LogP contribution is 2.20. The van der Waals surface area contributed by atoms with E-state index in [1.807, 2.05) is 0 Å². The van der Waals surface area contributed by atoms with E-state index in [1.165, 1.54) is 0 Å². The van der Waals surface area contributed by atoms with Crippen molar-refractivity contribution >= 4 is 17.5 Å². The van der Waals surface area contributed by atoms with Crippen molar-refractivity contribution in [2.24, 2.45) is 0 Å². The summed E-state index contributed by atoms with van der Waals surface area (Å²) >= 11 is 5.74. The maximum absolute atomic E-state index is 13.2. The molecular weight excluding hydrogens is 300 g/mol. The lowest BCUT2D eigenvalue weighted by Crippen LogP contribution is -2.23. The number of benzene rings is 2. The molecule has 2 rings (SSSR count). The SMILES string of the molecule is COc1cccc(CNC(=O)c2cc(F)c(F)cc2Cl)c1. The van der Waals surface area contributed by atoms with Gasteiger partial charge < -0.3 is 10.1 Å². The average Bonchev–Trinajstić information content (AvgIpc) is 2.48. The Kier molecular flexibility index (Phi) is 4.75. The quantitative estimate of drug-likeness (QED) is 0.877. The van der Waals surface area contributed by atoms with Gasteiger partial charge in [0.2, 0.25) is 0 Å². The van der Waals surface area contributed by atoms with Crippen molar-refractivity contribution in [1.82, 2.24) is 5.32 Å². The fraction of sp³-hybridized carbons (Fsp3) is 0.133. The molecule has 0 radical (unpaired) electrons. The zero-order valence-corrected chi connectivity index (χ0v) is 11.9. The summed E-state index contributed by atoms with van der Waals surface area (Å²) in [6, 6.07) is 8.67. The van der Waals surface area contributed by atoms with Crippen LogP contribution in [0.4, 0.5) is 8.78 Å². The highest BCUT2D eigenvalue weighted by molar-refractivity contribution is 6.33. The predicted molar refractivity (Wildman–Crippen MR) is 75.5 cm³/mol. The molecule has 2 aromatic rings. The number of hydrogen-bond acceptors (Lipinski definition) is 2. The Morgan fingerprint density at radius 1 is 1.24 bits per heavy atom. The Labute approximate surface area is 125 Å². The van der Waals surface area contributed by atoms with Crippen molar-refractivity contribution in [2.45, 2.75) is 6.54 Å². The van der Waals surface area contributed by atoms with Gasteiger partial charge in [0.1, 0.15) is 5.75 Å². The number of carbonyl (C=O) groups excluding carboxylic acids is 1. The molecule has 3 nitrogen and oxygen atoms in total. The summed E-state index contributed by atoms with van der Waals surface area (Å²) in [4.78, 5) is 11.9. The number of ether oxygens (including phenoxy) is 1. The van der Waals surface area contributed by atoms with Crippen LogP contribution in [0.5, 0.6) is 5.75 Å². The van der Waals surface area contributed by atoms with Crippen molar-refractivity contribution in [3.63, 3.8) is 0 Å². The first-order valence-corrected chi connectivity index (χ1v) is 6.44. The fourth-order valence-electron chi connectivity index (χ4n) is 1.76. The third-order valence-corrected chi connectivity index (χ3v) is 3.15. The second-order valence-corrected chi connectivity index (χ2v) is 4.69. The Balaban J connectivity index is 2.10. The normalized spacial score (nSPS) is 10.3. The lowest BCUT2D eigenvalue weighted by Gasteiger charge is -2.08. The number of rotatable bonds is 4. The largest absolute Gasteiger partial charge is 0.497 e. The van der Waals surface area contributed by atoms with E-state index in [-0.39, 0.29) is 17.1 Å². The molecule has 0 atom stereocenters. The van der Waals surface area contributed by atoms with Crippen molar-refractivity contribution in [2.75, 3.05) is 7.11 Å². The Bertz CT molecular complexity index is 677. The topological polar surface area (TPSA) is 38.3 Å². The van der Waals surface area contributed by atoms with E-state index >= 15 is 0 Å². The van der Waals surface area contributed by atoms with Crippen LogP contribution in [-0.2, 0) is 6.54 Å². The molecule has 6 heteroatoms. The van der Waals surface area contributed by atoms with Gasteiger partial charge in [0.05, 0.1) is 17.7 Å². The summed E-state index contributed by atoms with van der Waals surface area (Å²) < 4.78 is 31.2. The van der Waals surface area contributed by atoms with Gasteiger partial charge in [-0.1, -0.05) is 23.7 Å². The van der Waals surface area contributed by atoms with Crippen LogP contribution in [0.25, 0.3) is 0 Å². The summed E-state index contributed by atoms with van der Waals surface area (Å²) in [7, 11) is 1.54. The zero-order valence-electron chi connectivity index (χ0n) is 11.1. The van der Waals surface area contributed by atoms with E-state index < -0.39 is 17.5 Å². The van der Waals surface area contributed by atoms with Crippen LogP contribution in [0.2, 0.25) is 5.02 Å². The van der Waals surface area contributed by atoms with Gasteiger partial charge in [0.25, 0.3) is 5.91 Å². The van der Waals surface area contributed by atoms with Crippen LogP contribution in [0.1, 0.15) is 15.9 Å². The molecular formula is C15H12ClF2NO2. The summed E-state index contributed by atoms with van der Waals surface area (Å²) in [6.07, 6.45) is 0. The molecule has 0 saturated heterocycles. The monoisotopic (exact) mass is 311 g/mol. The molecule has 0 aliphatic heterocycles. The van der Waals surface area contributed by atoms with E-state index in [2.05, 4.69) is 5.32 Å². The van der Waals surface area contributed by atoms with Crippen LogP contribution in [-0.4, -0.2) is 13.0 Å². The van der Waals surface area contributed by atoms with Crippen molar-refractivity contribution in [3.8, 4) is 5.75 Å². The molecule has 0 aromatic heterocycles. The summed E-state index contributed by atoms with van der Waals surface area (Å²) in [5, 5.41) is 2.44. The predicted octanol–water partition coefficient (Wildman–Crippen LogP) is 3.56. The summed E-state index contributed by atoms with van der Waals surface area (Å²) in [6.45, 7) is 0.214. The van der Waals surface area contributed by atoms with E-state index in [1.54, 1.807) is 31.4 Å². The highest BCUT2D eigenvalue weighted by atomic mass is 35.5. The summed E-state index contributed by atoms with van der Waals surface area (Å²) in [5.74, 6) is -2.13. The molecule has 2 aromatic carbocycles. The maximum Gasteiger partial charge on any atom is 0.253 e. The molecule has 0 heterocycles. The summed E-state index contributed by atoms with van der Waals surface area (Å²) in [5.41, 5.74) is 0.694. The Morgan fingerprint density at radius 2 is 1.95 bits per heavy atom. The molecule has 0 spiro atoms. The third-order valence-electron chi connectivity index (χ3n) is 2.84. The van der Waals surface area contributed by atoms with Crippen molar-refractivity contribution in [3.05, 3.63) is 64.2 Å². The zero-order chi connectivity index (χ0) is 15.4. The number of halogens is 3. The molecule has 0 saturated carbocycles. The van der Waals surface area contributed by atoms with Gasteiger partial charge in [-0.3, -0.25) is 4.79 Å². The van der Waals surface area contributed by atoms with Gasteiger partial charge >= 0.3 is 0 Å². The maximum atomic E-state index is 13.2. The molecule has 0 bridgehead atoms. The van der Waals surface area contributed by atoms with E-state index in [4.69, 9.17) is 16.3 Å². The van der Waals surface area contributed by atoms with Gasteiger partial charge in [0.15, 0.2) is 11.6 Å². The smallest absolute Gasteiger partial charge is 0.253 e. The van der Waals surface area contributed by atoms with Crippen LogP contribution in [0, 0.1) is 11.6 Å². The second-order valence-electron chi connectivity index (χ2n) is 4.28. The van der Waals surface area contributed by atoms with E-state index in [0.29, 0.717) is 5.75 Å². The van der Waals surface area contributed by atoms with Gasteiger partial charge in [-0.15, -0.1) is 0 Å². The fourth-order valence-corrected chi connectivity index (χ4v) is 1.99. The molecule has 1 N–H and O–H groups in total. The first-order valence-electron chi connectivity index (χ1n) is 6.07. The van der Waals surface area contributed by atoms with Gasteiger partial charge in [-0.05, 0) is 29.8 Å². The van der Waals surface area contributed by atoms with Crippen LogP contribution in [0.15, 0.2) is 36.4 Å². The third kappa shape index (κ3) is 3.70. The molecule has 0 unspecified atom stereocenters. The first-order chi connectivity index (χ1) is 10.0. The second kappa shape index (κ2) is 6.54. The molecule has 21 heavy (non-hydrogen) atoms. The van der Waals surface area contributed by atoms with Gasteiger partial charge in [-0.25, -0.2) is 8.78 Å². The number of amides is 1. The van der Waals surface area contributed by atoms with Gasteiger partial charge in [-0.2, -0.15) is 0 Å². The van der Waals surface area contributed by atoms with Crippen LogP contribution >= 0.6 is 11.6 Å². The number of nitrogens with one attached hydrogen (secondary N) is 1. The highest BCUT2D eigenvalue weighted by Gasteiger charge is 2.14. The molecule has 0 aliphatic rings. The van der Waals surface area contributed by atoms with Crippen molar-refractivity contribution < 1.29 is 18.3 Å². The Morgan fingerprint density at radius 3 is 2.67 bits per heavy atom. The van der Waals surface area contributed by atoms with Gasteiger partial charge in [0, 0.05) is 6.54 Å². The first kappa shape index (κ1) is 15.3. The number of methoxy groups -OCH3 is 1. The minimum absolute atomic E-state index is 0.113. The Hall–Kier alpha value is -2.14. The number of hydrogen-bond donors (Lipinski definition) is 1. The molecule has 1 amide bonds. The molecule has 0 fully saturated rings. The molecule has 0 aliphatic carbocycles. The minimum atomic E-state index is -1.12. The van der Waals surface area contributed by atoms with Crippen LogP contribution < -0.4 is 10.1 Å². The van der Waals surface area contributed by atoms with Crippen LogP contribution in [0.3, 0.4) is 0 Å².